The van der Waals surface area contributed by atoms with E-state index in [-0.39, 0.29) is 5.92 Å². The second-order valence-corrected chi connectivity index (χ2v) is 9.18. The maximum absolute atomic E-state index is 12.7. The SMILES string of the molecule is CC(C)OC(=O)[C@H](NC(=O)c1ccccc1)C(C)(C)SC(=O)OCOC(=O)C(C)C. The van der Waals surface area contributed by atoms with E-state index in [2.05, 4.69) is 5.32 Å². The molecule has 0 bridgehead atoms. The van der Waals surface area contributed by atoms with E-state index >= 15 is 0 Å². The number of hydrogen-bond acceptors (Lipinski definition) is 8. The first kappa shape index (κ1) is 25.5. The first-order valence-electron chi connectivity index (χ1n) is 9.52. The molecule has 0 aliphatic heterocycles. The van der Waals surface area contributed by atoms with Gasteiger partial charge < -0.3 is 19.5 Å². The summed E-state index contributed by atoms with van der Waals surface area (Å²) in [5, 5.41) is 1.89. The zero-order valence-corrected chi connectivity index (χ0v) is 18.9. The van der Waals surface area contributed by atoms with Crippen molar-refractivity contribution < 1.29 is 33.4 Å². The molecule has 1 atom stereocenters. The molecule has 0 fully saturated rings. The Hall–Kier alpha value is -2.55. The Labute approximate surface area is 181 Å². The second kappa shape index (κ2) is 11.6. The smallest absolute Gasteiger partial charge is 0.370 e. The van der Waals surface area contributed by atoms with Crippen molar-refractivity contribution in [2.24, 2.45) is 5.92 Å². The second-order valence-electron chi connectivity index (χ2n) is 7.59. The first-order valence-corrected chi connectivity index (χ1v) is 10.3. The number of rotatable bonds is 9. The van der Waals surface area contributed by atoms with Crippen molar-refractivity contribution in [2.75, 3.05) is 6.79 Å². The molecule has 0 spiro atoms. The van der Waals surface area contributed by atoms with Crippen LogP contribution in [0, 0.1) is 5.92 Å². The molecule has 0 saturated heterocycles. The summed E-state index contributed by atoms with van der Waals surface area (Å²) in [5.41, 5.74) is 0.365. The van der Waals surface area contributed by atoms with Crippen LogP contribution in [0.4, 0.5) is 4.79 Å². The number of esters is 2. The summed E-state index contributed by atoms with van der Waals surface area (Å²) in [6.07, 6.45) is -0.406. The molecule has 0 radical (unpaired) electrons. The molecule has 0 heterocycles. The Morgan fingerprint density at radius 2 is 1.57 bits per heavy atom. The molecule has 0 aliphatic carbocycles. The topological polar surface area (TPSA) is 108 Å². The van der Waals surface area contributed by atoms with E-state index in [1.807, 2.05) is 0 Å². The van der Waals surface area contributed by atoms with Gasteiger partial charge in [0.15, 0.2) is 0 Å². The lowest BCUT2D eigenvalue weighted by Crippen LogP contribution is -2.54. The summed E-state index contributed by atoms with van der Waals surface area (Å²) < 4.78 is 13.9. The van der Waals surface area contributed by atoms with Gasteiger partial charge in [-0.2, -0.15) is 0 Å². The average Bonchev–Trinajstić information content (AvgIpc) is 2.65. The predicted octanol–water partition coefficient (Wildman–Crippen LogP) is 3.54. The van der Waals surface area contributed by atoms with Crippen molar-refractivity contribution in [2.45, 2.75) is 58.4 Å². The van der Waals surface area contributed by atoms with Gasteiger partial charge in [0.25, 0.3) is 5.91 Å². The van der Waals surface area contributed by atoms with Gasteiger partial charge in [-0.3, -0.25) is 9.59 Å². The zero-order valence-electron chi connectivity index (χ0n) is 18.1. The minimum absolute atomic E-state index is 0.351. The third kappa shape index (κ3) is 8.44. The van der Waals surface area contributed by atoms with Crippen molar-refractivity contribution >= 4 is 34.9 Å². The fourth-order valence-corrected chi connectivity index (χ4v) is 3.04. The molecule has 1 amide bonds. The van der Waals surface area contributed by atoms with Gasteiger partial charge in [0.2, 0.25) is 6.79 Å². The number of nitrogens with one attached hydrogen (secondary N) is 1. The van der Waals surface area contributed by atoms with Crippen LogP contribution < -0.4 is 5.32 Å². The van der Waals surface area contributed by atoms with Gasteiger partial charge in [0.1, 0.15) is 6.04 Å². The van der Waals surface area contributed by atoms with Crippen molar-refractivity contribution in [3.05, 3.63) is 35.9 Å². The maximum atomic E-state index is 12.7. The van der Waals surface area contributed by atoms with Crippen LogP contribution in [0.5, 0.6) is 0 Å². The highest BCUT2D eigenvalue weighted by atomic mass is 32.2. The molecule has 0 unspecified atom stereocenters. The Kier molecular flexibility index (Phi) is 9.84. The van der Waals surface area contributed by atoms with Crippen molar-refractivity contribution in [3.8, 4) is 0 Å². The van der Waals surface area contributed by atoms with Gasteiger partial charge in [-0.1, -0.05) is 32.0 Å². The van der Waals surface area contributed by atoms with E-state index in [1.54, 1.807) is 71.9 Å². The summed E-state index contributed by atoms with van der Waals surface area (Å²) in [6.45, 7) is 9.37. The highest BCUT2D eigenvalue weighted by molar-refractivity contribution is 8.14. The largest absolute Gasteiger partial charge is 0.461 e. The van der Waals surface area contributed by atoms with Gasteiger partial charge in [0.05, 0.1) is 16.8 Å². The summed E-state index contributed by atoms with van der Waals surface area (Å²) in [6, 6.07) is 7.25. The van der Waals surface area contributed by atoms with Crippen molar-refractivity contribution in [3.63, 3.8) is 0 Å². The monoisotopic (exact) mass is 439 g/mol. The summed E-state index contributed by atoms with van der Waals surface area (Å²) in [7, 11) is 0. The Balaban J connectivity index is 2.87. The Morgan fingerprint density at radius 3 is 2.10 bits per heavy atom. The molecule has 9 heteroatoms. The number of carbonyl (C=O) groups is 4. The summed E-state index contributed by atoms with van der Waals surface area (Å²) in [5.74, 6) is -2.00. The van der Waals surface area contributed by atoms with Crippen LogP contribution in [0.25, 0.3) is 0 Å². The molecule has 1 aromatic carbocycles. The molecule has 1 aromatic rings. The van der Waals surface area contributed by atoms with E-state index in [0.717, 1.165) is 0 Å². The van der Waals surface area contributed by atoms with Crippen LogP contribution in [0.2, 0.25) is 0 Å². The van der Waals surface area contributed by atoms with Crippen LogP contribution >= 0.6 is 11.8 Å². The molecule has 0 saturated carbocycles. The van der Waals surface area contributed by atoms with E-state index in [0.29, 0.717) is 17.3 Å². The Morgan fingerprint density at radius 1 is 0.967 bits per heavy atom. The third-order valence-corrected chi connectivity index (χ3v) is 4.84. The summed E-state index contributed by atoms with van der Waals surface area (Å²) in [4.78, 5) is 48.9. The lowest BCUT2D eigenvalue weighted by molar-refractivity contribution is -0.155. The van der Waals surface area contributed by atoms with Crippen LogP contribution in [0.15, 0.2) is 30.3 Å². The molecule has 1 N–H and O–H groups in total. The quantitative estimate of drug-likeness (QED) is 0.460. The predicted molar refractivity (Wildman–Crippen MR) is 113 cm³/mol. The van der Waals surface area contributed by atoms with Crippen LogP contribution in [-0.2, 0) is 23.8 Å². The van der Waals surface area contributed by atoms with Crippen LogP contribution in [0.1, 0.15) is 51.9 Å². The molecular weight excluding hydrogens is 410 g/mol. The van der Waals surface area contributed by atoms with Crippen LogP contribution in [-0.4, -0.2) is 46.8 Å². The molecule has 1 rings (SSSR count). The van der Waals surface area contributed by atoms with Gasteiger partial charge in [-0.25, -0.2) is 9.59 Å². The lowest BCUT2D eigenvalue weighted by atomic mass is 10.0. The fraction of sp³-hybridized carbons (Fsp3) is 0.524. The molecule has 166 valence electrons. The number of hydrogen-bond donors (Lipinski definition) is 1. The molecule has 0 aromatic heterocycles. The highest BCUT2D eigenvalue weighted by Gasteiger charge is 2.41. The molecule has 8 nitrogen and oxygen atoms in total. The van der Waals surface area contributed by atoms with E-state index in [4.69, 9.17) is 14.2 Å². The van der Waals surface area contributed by atoms with Crippen molar-refractivity contribution in [1.29, 1.82) is 0 Å². The normalized spacial score (nSPS) is 12.3. The molecule has 0 aliphatic rings. The van der Waals surface area contributed by atoms with Gasteiger partial charge in [-0.15, -0.1) is 0 Å². The number of amides is 1. The molecular formula is C21H29NO7S. The fourth-order valence-electron chi connectivity index (χ4n) is 2.23. The molecule has 30 heavy (non-hydrogen) atoms. The number of benzene rings is 1. The first-order chi connectivity index (χ1) is 13.9. The minimum Gasteiger partial charge on any atom is -0.461 e. The van der Waals surface area contributed by atoms with Gasteiger partial charge in [0, 0.05) is 5.56 Å². The number of carbonyl (C=O) groups excluding carboxylic acids is 4. The zero-order chi connectivity index (χ0) is 22.9. The Bertz CT molecular complexity index is 747. The van der Waals surface area contributed by atoms with Gasteiger partial charge in [-0.05, 0) is 51.6 Å². The standard InChI is InChI=1S/C21H29NO7S/c1-13(2)18(24)27-12-28-20(26)30-21(5,6)16(19(25)29-14(3)4)22-17(23)15-10-8-7-9-11-15/h7-11,13-14,16H,12H2,1-6H3,(H,22,23)/t16-/m0/s1. The van der Waals surface area contributed by atoms with Crippen LogP contribution in [0.3, 0.4) is 0 Å². The minimum atomic E-state index is -1.14. The summed E-state index contributed by atoms with van der Waals surface area (Å²) >= 11 is 0.695. The van der Waals surface area contributed by atoms with E-state index < -0.39 is 46.8 Å². The number of ether oxygens (including phenoxy) is 3. The van der Waals surface area contributed by atoms with E-state index in [1.165, 1.54) is 0 Å². The number of thioether (sulfide) groups is 1. The van der Waals surface area contributed by atoms with Crippen molar-refractivity contribution in [1.82, 2.24) is 5.32 Å². The third-order valence-electron chi connectivity index (χ3n) is 3.79. The van der Waals surface area contributed by atoms with Gasteiger partial charge >= 0.3 is 17.2 Å². The maximum Gasteiger partial charge on any atom is 0.370 e. The highest BCUT2D eigenvalue weighted by Crippen LogP contribution is 2.31. The lowest BCUT2D eigenvalue weighted by Gasteiger charge is -2.32. The average molecular weight is 440 g/mol. The van der Waals surface area contributed by atoms with E-state index in [9.17, 15) is 19.2 Å².